The number of rotatable bonds is 2. The van der Waals surface area contributed by atoms with Crippen molar-refractivity contribution in [3.8, 4) is 0 Å². The lowest BCUT2D eigenvalue weighted by atomic mass is 10.1. The normalized spacial score (nSPS) is 15.6. The summed E-state index contributed by atoms with van der Waals surface area (Å²) in [6.07, 6.45) is -0.394. The Bertz CT molecular complexity index is 520. The van der Waals surface area contributed by atoms with Crippen LogP contribution in [0.3, 0.4) is 0 Å². The van der Waals surface area contributed by atoms with Gasteiger partial charge in [0.1, 0.15) is 0 Å². The van der Waals surface area contributed by atoms with Crippen molar-refractivity contribution < 1.29 is 5.11 Å². The highest BCUT2D eigenvalue weighted by Gasteiger charge is 2.18. The lowest BCUT2D eigenvalue weighted by Gasteiger charge is -2.18. The van der Waals surface area contributed by atoms with Crippen LogP contribution in [0.25, 0.3) is 0 Å². The summed E-state index contributed by atoms with van der Waals surface area (Å²) in [5.41, 5.74) is 5.01. The minimum atomic E-state index is -0.394. The van der Waals surface area contributed by atoms with Gasteiger partial charge in [-0.15, -0.1) is 0 Å². The molecule has 1 heterocycles. The summed E-state index contributed by atoms with van der Waals surface area (Å²) < 4.78 is 0. The first-order valence-electron chi connectivity index (χ1n) is 6.34. The Morgan fingerprint density at radius 1 is 0.944 bits per heavy atom. The van der Waals surface area contributed by atoms with E-state index in [2.05, 4.69) is 41.3 Å². The fourth-order valence-corrected chi connectivity index (χ4v) is 2.48. The average molecular weight is 239 g/mol. The van der Waals surface area contributed by atoms with Crippen molar-refractivity contribution in [2.75, 3.05) is 4.90 Å². The maximum atomic E-state index is 9.51. The van der Waals surface area contributed by atoms with Gasteiger partial charge in [-0.3, -0.25) is 0 Å². The van der Waals surface area contributed by atoms with Crippen LogP contribution >= 0.6 is 0 Å². The van der Waals surface area contributed by atoms with Gasteiger partial charge in [0.25, 0.3) is 0 Å². The first-order chi connectivity index (χ1) is 8.74. The topological polar surface area (TPSA) is 23.5 Å². The predicted octanol–water partition coefficient (Wildman–Crippen LogP) is 3.26. The quantitative estimate of drug-likeness (QED) is 0.869. The van der Waals surface area contributed by atoms with Crippen LogP contribution < -0.4 is 4.90 Å². The van der Waals surface area contributed by atoms with Gasteiger partial charge in [0, 0.05) is 18.8 Å². The van der Waals surface area contributed by atoms with Crippen molar-refractivity contribution in [2.45, 2.75) is 26.1 Å². The molecule has 0 radical (unpaired) electrons. The van der Waals surface area contributed by atoms with E-state index in [0.717, 1.165) is 18.7 Å². The van der Waals surface area contributed by atoms with E-state index in [9.17, 15) is 5.11 Å². The minimum absolute atomic E-state index is 0.394. The van der Waals surface area contributed by atoms with Crippen molar-refractivity contribution in [1.29, 1.82) is 0 Å². The molecule has 2 aromatic rings. The molecular formula is C16H17NO. The second-order valence-corrected chi connectivity index (χ2v) is 4.89. The molecule has 0 amide bonds. The Hall–Kier alpha value is -1.80. The molecule has 1 N–H and O–H groups in total. The van der Waals surface area contributed by atoms with Crippen molar-refractivity contribution in [2.24, 2.45) is 0 Å². The highest BCUT2D eigenvalue weighted by Crippen LogP contribution is 2.28. The molecule has 1 atom stereocenters. The summed E-state index contributed by atoms with van der Waals surface area (Å²) in [7, 11) is 0. The summed E-state index contributed by atoms with van der Waals surface area (Å²) in [5.74, 6) is 0. The maximum Gasteiger partial charge on any atom is 0.0761 e. The van der Waals surface area contributed by atoms with Gasteiger partial charge in [-0.25, -0.2) is 0 Å². The molecule has 1 aliphatic rings. The first-order valence-corrected chi connectivity index (χ1v) is 6.34. The molecule has 0 spiro atoms. The van der Waals surface area contributed by atoms with Crippen LogP contribution in [-0.4, -0.2) is 5.11 Å². The zero-order valence-electron chi connectivity index (χ0n) is 10.5. The molecule has 0 saturated heterocycles. The van der Waals surface area contributed by atoms with E-state index in [0.29, 0.717) is 0 Å². The molecule has 18 heavy (non-hydrogen) atoms. The molecule has 2 nitrogen and oxygen atoms in total. The average Bonchev–Trinajstić information content (AvgIpc) is 2.82. The summed E-state index contributed by atoms with van der Waals surface area (Å²) in [5, 5.41) is 9.51. The van der Waals surface area contributed by atoms with Gasteiger partial charge in [0.05, 0.1) is 6.10 Å². The zero-order chi connectivity index (χ0) is 12.5. The van der Waals surface area contributed by atoms with Gasteiger partial charge < -0.3 is 10.0 Å². The highest BCUT2D eigenvalue weighted by molar-refractivity contribution is 5.52. The lowest BCUT2D eigenvalue weighted by Crippen LogP contribution is -2.14. The number of benzene rings is 2. The monoisotopic (exact) mass is 239 g/mol. The van der Waals surface area contributed by atoms with E-state index < -0.39 is 6.10 Å². The number of fused-ring (bicyclic) bond motifs is 1. The van der Waals surface area contributed by atoms with Crippen molar-refractivity contribution in [1.82, 2.24) is 0 Å². The van der Waals surface area contributed by atoms with E-state index in [1.807, 2.05) is 12.1 Å². The molecule has 2 heteroatoms. The Kier molecular flexibility index (Phi) is 2.80. The maximum absolute atomic E-state index is 9.51. The first kappa shape index (κ1) is 11.3. The third-order valence-electron chi connectivity index (χ3n) is 3.58. The number of nitrogens with zero attached hydrogens (tertiary/aromatic N) is 1. The summed E-state index contributed by atoms with van der Waals surface area (Å²) in [6.45, 7) is 3.75. The SMILES string of the molecule is C[C@H](O)c1ccc(N2Cc3ccccc3C2)cc1. The van der Waals surface area contributed by atoms with Crippen molar-refractivity contribution in [3.05, 3.63) is 65.2 Å². The molecule has 1 aliphatic heterocycles. The second-order valence-electron chi connectivity index (χ2n) is 4.89. The number of hydrogen-bond donors (Lipinski definition) is 1. The van der Waals surface area contributed by atoms with Crippen molar-refractivity contribution in [3.63, 3.8) is 0 Å². The zero-order valence-corrected chi connectivity index (χ0v) is 10.5. The molecule has 3 rings (SSSR count). The molecule has 92 valence electrons. The molecule has 0 aliphatic carbocycles. The smallest absolute Gasteiger partial charge is 0.0761 e. The Morgan fingerprint density at radius 3 is 2.00 bits per heavy atom. The van der Waals surface area contributed by atoms with Crippen LogP contribution in [0.15, 0.2) is 48.5 Å². The molecule has 0 fully saturated rings. The third-order valence-corrected chi connectivity index (χ3v) is 3.58. The van der Waals surface area contributed by atoms with E-state index in [4.69, 9.17) is 0 Å². The Morgan fingerprint density at radius 2 is 1.50 bits per heavy atom. The molecule has 0 saturated carbocycles. The molecule has 0 aromatic heterocycles. The minimum Gasteiger partial charge on any atom is -0.389 e. The predicted molar refractivity (Wildman–Crippen MR) is 73.4 cm³/mol. The van der Waals surface area contributed by atoms with Crippen LogP contribution in [0.2, 0.25) is 0 Å². The van der Waals surface area contributed by atoms with Crippen LogP contribution in [0, 0.1) is 0 Å². The van der Waals surface area contributed by atoms with E-state index in [1.165, 1.54) is 16.8 Å². The van der Waals surface area contributed by atoms with Crippen molar-refractivity contribution >= 4 is 5.69 Å². The van der Waals surface area contributed by atoms with E-state index in [1.54, 1.807) is 6.92 Å². The number of aliphatic hydroxyl groups is 1. The van der Waals surface area contributed by atoms with Crippen LogP contribution in [0.5, 0.6) is 0 Å². The standard InChI is InChI=1S/C16H17NO/c1-12(18)13-6-8-16(9-7-13)17-10-14-4-2-3-5-15(14)11-17/h2-9,12,18H,10-11H2,1H3/t12-/m0/s1. The molecule has 2 aromatic carbocycles. The second kappa shape index (κ2) is 4.46. The molecular weight excluding hydrogens is 222 g/mol. The summed E-state index contributed by atoms with van der Waals surface area (Å²) >= 11 is 0. The molecule has 0 unspecified atom stereocenters. The number of anilines is 1. The van der Waals surface area contributed by atoms with Gasteiger partial charge in [-0.1, -0.05) is 36.4 Å². The summed E-state index contributed by atoms with van der Waals surface area (Å²) in [4.78, 5) is 2.36. The fraction of sp³-hybridized carbons (Fsp3) is 0.250. The lowest BCUT2D eigenvalue weighted by molar-refractivity contribution is 0.199. The highest BCUT2D eigenvalue weighted by atomic mass is 16.3. The van der Waals surface area contributed by atoms with Crippen LogP contribution in [0.1, 0.15) is 29.7 Å². The largest absolute Gasteiger partial charge is 0.389 e. The number of aliphatic hydroxyl groups excluding tert-OH is 1. The third kappa shape index (κ3) is 2.00. The summed E-state index contributed by atoms with van der Waals surface area (Å²) in [6, 6.07) is 16.8. The van der Waals surface area contributed by atoms with Gasteiger partial charge >= 0.3 is 0 Å². The van der Waals surface area contributed by atoms with Gasteiger partial charge in [0.15, 0.2) is 0 Å². The van der Waals surface area contributed by atoms with Gasteiger partial charge in [-0.2, -0.15) is 0 Å². The number of hydrogen-bond acceptors (Lipinski definition) is 2. The van der Waals surface area contributed by atoms with Gasteiger partial charge in [0.2, 0.25) is 0 Å². The van der Waals surface area contributed by atoms with Crippen LogP contribution in [0.4, 0.5) is 5.69 Å². The van der Waals surface area contributed by atoms with E-state index in [-0.39, 0.29) is 0 Å². The molecule has 0 bridgehead atoms. The Balaban J connectivity index is 1.82. The fourth-order valence-electron chi connectivity index (χ4n) is 2.48. The Labute approximate surface area is 107 Å². The van der Waals surface area contributed by atoms with Crippen LogP contribution in [-0.2, 0) is 13.1 Å². The van der Waals surface area contributed by atoms with Gasteiger partial charge in [-0.05, 0) is 35.7 Å². The van der Waals surface area contributed by atoms with E-state index >= 15 is 0 Å².